The molecule has 0 unspecified atom stereocenters. The molecule has 0 aromatic carbocycles. The Labute approximate surface area is 117 Å². The Morgan fingerprint density at radius 1 is 1.40 bits per heavy atom. The van der Waals surface area contributed by atoms with E-state index < -0.39 is 5.97 Å². The number of nitrogens with one attached hydrogen (secondary N) is 1. The van der Waals surface area contributed by atoms with Crippen molar-refractivity contribution in [2.75, 3.05) is 20.1 Å². The number of carboxylic acid groups (broad SMARTS) is 1. The Bertz CT molecular complexity index is 496. The van der Waals surface area contributed by atoms with E-state index in [0.29, 0.717) is 6.54 Å². The first-order valence-corrected chi connectivity index (χ1v) is 6.73. The van der Waals surface area contributed by atoms with Crippen molar-refractivity contribution in [3.05, 3.63) is 29.6 Å². The molecule has 1 aromatic heterocycles. The Morgan fingerprint density at radius 2 is 2.10 bits per heavy atom. The van der Waals surface area contributed by atoms with Crippen molar-refractivity contribution in [2.45, 2.75) is 19.4 Å². The zero-order chi connectivity index (χ0) is 14.5. The van der Waals surface area contributed by atoms with Gasteiger partial charge in [0.1, 0.15) is 5.69 Å². The molecule has 1 aromatic rings. The van der Waals surface area contributed by atoms with Gasteiger partial charge in [-0.2, -0.15) is 0 Å². The van der Waals surface area contributed by atoms with Crippen LogP contribution in [-0.2, 0) is 11.3 Å². The highest BCUT2D eigenvalue weighted by Crippen LogP contribution is 2.18. The van der Waals surface area contributed by atoms with Gasteiger partial charge in [-0.1, -0.05) is 6.07 Å². The number of hydrogen-bond acceptors (Lipinski definition) is 4. The van der Waals surface area contributed by atoms with Crippen LogP contribution < -0.4 is 5.32 Å². The Kier molecular flexibility index (Phi) is 4.68. The fraction of sp³-hybridized carbons (Fsp3) is 0.500. The third-order valence-corrected chi connectivity index (χ3v) is 3.62. The number of carbonyl (C=O) groups excluding carboxylic acids is 1. The lowest BCUT2D eigenvalue weighted by atomic mass is 9.96. The quantitative estimate of drug-likeness (QED) is 0.848. The summed E-state index contributed by atoms with van der Waals surface area (Å²) in [6.45, 7) is 2.29. The average Bonchev–Trinajstić information content (AvgIpc) is 2.47. The van der Waals surface area contributed by atoms with Gasteiger partial charge in [-0.25, -0.2) is 9.78 Å². The van der Waals surface area contributed by atoms with Gasteiger partial charge in [0.2, 0.25) is 5.91 Å². The van der Waals surface area contributed by atoms with E-state index in [0.717, 1.165) is 31.6 Å². The summed E-state index contributed by atoms with van der Waals surface area (Å²) in [6, 6.07) is 5.03. The molecule has 0 atom stereocenters. The van der Waals surface area contributed by atoms with E-state index >= 15 is 0 Å². The number of rotatable bonds is 4. The second kappa shape index (κ2) is 6.47. The van der Waals surface area contributed by atoms with Crippen molar-refractivity contribution in [2.24, 2.45) is 5.92 Å². The molecule has 2 heterocycles. The summed E-state index contributed by atoms with van der Waals surface area (Å²) in [5, 5.41) is 11.6. The minimum Gasteiger partial charge on any atom is -0.477 e. The molecule has 0 saturated carbocycles. The van der Waals surface area contributed by atoms with Gasteiger partial charge in [0, 0.05) is 19.5 Å². The zero-order valence-electron chi connectivity index (χ0n) is 11.5. The number of nitrogens with zero attached hydrogens (tertiary/aromatic N) is 2. The van der Waals surface area contributed by atoms with Crippen LogP contribution in [0, 0.1) is 5.92 Å². The summed E-state index contributed by atoms with van der Waals surface area (Å²) in [4.78, 5) is 28.7. The number of pyridine rings is 1. The highest BCUT2D eigenvalue weighted by atomic mass is 16.4. The molecular weight excluding hydrogens is 258 g/mol. The van der Waals surface area contributed by atoms with Gasteiger partial charge < -0.3 is 10.4 Å². The normalized spacial score (nSPS) is 16.9. The highest BCUT2D eigenvalue weighted by Gasteiger charge is 2.24. The summed E-state index contributed by atoms with van der Waals surface area (Å²) in [7, 11) is 1.66. The second-order valence-electron chi connectivity index (χ2n) is 4.98. The van der Waals surface area contributed by atoms with Crippen LogP contribution in [0.5, 0.6) is 0 Å². The average molecular weight is 277 g/mol. The SMILES string of the molecule is CNC(=O)C1CCN(Cc2cccc(C(=O)O)n2)CC1. The van der Waals surface area contributed by atoms with Crippen LogP contribution in [0.4, 0.5) is 0 Å². The Morgan fingerprint density at radius 3 is 2.70 bits per heavy atom. The monoisotopic (exact) mass is 277 g/mol. The maximum absolute atomic E-state index is 11.5. The summed E-state index contributed by atoms with van der Waals surface area (Å²) < 4.78 is 0. The molecule has 1 saturated heterocycles. The smallest absolute Gasteiger partial charge is 0.354 e. The molecule has 0 spiro atoms. The predicted molar refractivity (Wildman–Crippen MR) is 73.3 cm³/mol. The van der Waals surface area contributed by atoms with E-state index in [4.69, 9.17) is 5.11 Å². The third kappa shape index (κ3) is 3.54. The van der Waals surface area contributed by atoms with Crippen LogP contribution in [0.15, 0.2) is 18.2 Å². The molecule has 0 aliphatic carbocycles. The zero-order valence-corrected chi connectivity index (χ0v) is 11.5. The maximum Gasteiger partial charge on any atom is 0.354 e. The van der Waals surface area contributed by atoms with E-state index in [1.54, 1.807) is 13.1 Å². The molecule has 20 heavy (non-hydrogen) atoms. The summed E-state index contributed by atoms with van der Waals surface area (Å²) >= 11 is 0. The van der Waals surface area contributed by atoms with Crippen molar-refractivity contribution < 1.29 is 14.7 Å². The first-order chi connectivity index (χ1) is 9.60. The Hall–Kier alpha value is -1.95. The second-order valence-corrected chi connectivity index (χ2v) is 4.98. The lowest BCUT2D eigenvalue weighted by Gasteiger charge is -2.30. The first-order valence-electron chi connectivity index (χ1n) is 6.73. The number of amides is 1. The van der Waals surface area contributed by atoms with E-state index in [9.17, 15) is 9.59 Å². The van der Waals surface area contributed by atoms with Crippen molar-refractivity contribution >= 4 is 11.9 Å². The summed E-state index contributed by atoms with van der Waals surface area (Å²) in [6.07, 6.45) is 1.66. The van der Waals surface area contributed by atoms with Gasteiger partial charge in [-0.3, -0.25) is 9.69 Å². The number of piperidine rings is 1. The van der Waals surface area contributed by atoms with E-state index in [1.165, 1.54) is 6.07 Å². The molecule has 1 fully saturated rings. The molecule has 1 amide bonds. The number of aromatic carboxylic acids is 1. The third-order valence-electron chi connectivity index (χ3n) is 3.62. The molecule has 2 N–H and O–H groups in total. The molecule has 2 rings (SSSR count). The Balaban J connectivity index is 1.91. The number of carbonyl (C=O) groups is 2. The molecule has 1 aliphatic rings. The minimum atomic E-state index is -1.01. The van der Waals surface area contributed by atoms with Gasteiger partial charge in [-0.05, 0) is 38.1 Å². The van der Waals surface area contributed by atoms with Crippen molar-refractivity contribution in [1.29, 1.82) is 0 Å². The highest BCUT2D eigenvalue weighted by molar-refractivity contribution is 5.85. The standard InChI is InChI=1S/C14H19N3O3/c1-15-13(18)10-5-7-17(8-6-10)9-11-3-2-4-12(16-11)14(19)20/h2-4,10H,5-9H2,1H3,(H,15,18)(H,19,20). The van der Waals surface area contributed by atoms with E-state index in [2.05, 4.69) is 15.2 Å². The van der Waals surface area contributed by atoms with Gasteiger partial charge >= 0.3 is 5.97 Å². The lowest BCUT2D eigenvalue weighted by molar-refractivity contribution is -0.125. The molecule has 0 bridgehead atoms. The number of carboxylic acids is 1. The van der Waals surface area contributed by atoms with E-state index in [-0.39, 0.29) is 17.5 Å². The molecule has 1 aliphatic heterocycles. The van der Waals surface area contributed by atoms with Crippen molar-refractivity contribution in [3.8, 4) is 0 Å². The predicted octanol–water partition coefficient (Wildman–Crippen LogP) is 0.738. The van der Waals surface area contributed by atoms with Crippen LogP contribution in [-0.4, -0.2) is 47.0 Å². The van der Waals surface area contributed by atoms with Gasteiger partial charge in [0.05, 0.1) is 5.69 Å². The summed E-state index contributed by atoms with van der Waals surface area (Å²) in [5.74, 6) is -0.810. The maximum atomic E-state index is 11.5. The van der Waals surface area contributed by atoms with E-state index in [1.807, 2.05) is 6.07 Å². The lowest BCUT2D eigenvalue weighted by Crippen LogP contribution is -2.39. The van der Waals surface area contributed by atoms with Gasteiger partial charge in [-0.15, -0.1) is 0 Å². The molecular formula is C14H19N3O3. The molecule has 6 heteroatoms. The van der Waals surface area contributed by atoms with Crippen molar-refractivity contribution in [1.82, 2.24) is 15.2 Å². The first kappa shape index (κ1) is 14.5. The summed E-state index contributed by atoms with van der Waals surface area (Å²) in [5.41, 5.74) is 0.825. The topological polar surface area (TPSA) is 82.5 Å². The van der Waals surface area contributed by atoms with Crippen LogP contribution in [0.1, 0.15) is 29.0 Å². The van der Waals surface area contributed by atoms with Crippen LogP contribution in [0.25, 0.3) is 0 Å². The van der Waals surface area contributed by atoms with Crippen molar-refractivity contribution in [3.63, 3.8) is 0 Å². The molecule has 108 valence electrons. The van der Waals surface area contributed by atoms with Gasteiger partial charge in [0.25, 0.3) is 0 Å². The largest absolute Gasteiger partial charge is 0.477 e. The van der Waals surface area contributed by atoms with Crippen LogP contribution in [0.2, 0.25) is 0 Å². The fourth-order valence-electron chi connectivity index (χ4n) is 2.47. The molecule has 0 radical (unpaired) electrons. The number of likely N-dealkylation sites (tertiary alicyclic amines) is 1. The van der Waals surface area contributed by atoms with Crippen LogP contribution >= 0.6 is 0 Å². The number of aromatic nitrogens is 1. The molecule has 6 nitrogen and oxygen atoms in total. The minimum absolute atomic E-state index is 0.0720. The fourth-order valence-corrected chi connectivity index (χ4v) is 2.47. The van der Waals surface area contributed by atoms with Gasteiger partial charge in [0.15, 0.2) is 0 Å². The van der Waals surface area contributed by atoms with Crippen LogP contribution in [0.3, 0.4) is 0 Å². The number of hydrogen-bond donors (Lipinski definition) is 2.